The van der Waals surface area contributed by atoms with Crippen LogP contribution in [-0.2, 0) is 0 Å². The minimum absolute atomic E-state index is 0.0937. The van der Waals surface area contributed by atoms with Gasteiger partial charge in [0.15, 0.2) is 0 Å². The third kappa shape index (κ3) is 2.83. The Kier molecular flexibility index (Phi) is 3.91. The summed E-state index contributed by atoms with van der Waals surface area (Å²) in [4.78, 5) is 4.17. The third-order valence-electron chi connectivity index (χ3n) is 2.83. The molecule has 0 amide bonds. The Labute approximate surface area is 90.5 Å². The fourth-order valence-corrected chi connectivity index (χ4v) is 1.48. The smallest absolute Gasteiger partial charge is 0.128 e. The van der Waals surface area contributed by atoms with Crippen LogP contribution in [0.1, 0.15) is 26.7 Å². The average molecular weight is 209 g/mol. The number of nitrogens with two attached hydrogens (primary N) is 1. The molecule has 0 aromatic carbocycles. The molecule has 4 heteroatoms. The van der Waals surface area contributed by atoms with Gasteiger partial charge in [-0.2, -0.15) is 0 Å². The fourth-order valence-electron chi connectivity index (χ4n) is 1.48. The molecule has 0 spiro atoms. The standard InChI is InChI=1S/C11H19N3O/c1-3-11(4-2,8-15)14-10-7-9(12)5-6-13-10/h5-7,15H,3-4,8H2,1-2H3,(H3,12,13,14). The SMILES string of the molecule is CCC(CC)(CO)Nc1cc(N)ccn1. The highest BCUT2D eigenvalue weighted by Gasteiger charge is 2.25. The van der Waals surface area contributed by atoms with Crippen molar-refractivity contribution < 1.29 is 5.11 Å². The molecule has 1 heterocycles. The van der Waals surface area contributed by atoms with Gasteiger partial charge in [0, 0.05) is 18.0 Å². The molecule has 1 rings (SSSR count). The zero-order valence-electron chi connectivity index (χ0n) is 9.33. The lowest BCUT2D eigenvalue weighted by atomic mass is 9.94. The van der Waals surface area contributed by atoms with Crippen LogP contribution in [0.4, 0.5) is 11.5 Å². The monoisotopic (exact) mass is 209 g/mol. The van der Waals surface area contributed by atoms with E-state index in [1.807, 2.05) is 13.8 Å². The molecule has 0 aliphatic heterocycles. The fraction of sp³-hybridized carbons (Fsp3) is 0.545. The summed E-state index contributed by atoms with van der Waals surface area (Å²) in [5.41, 5.74) is 6.04. The van der Waals surface area contributed by atoms with Gasteiger partial charge in [-0.15, -0.1) is 0 Å². The van der Waals surface area contributed by atoms with Crippen molar-refractivity contribution in [3.05, 3.63) is 18.3 Å². The molecule has 4 N–H and O–H groups in total. The van der Waals surface area contributed by atoms with E-state index in [2.05, 4.69) is 10.3 Å². The minimum atomic E-state index is -0.291. The first-order chi connectivity index (χ1) is 7.15. The van der Waals surface area contributed by atoms with E-state index < -0.39 is 0 Å². The maximum atomic E-state index is 9.39. The summed E-state index contributed by atoms with van der Waals surface area (Å²) < 4.78 is 0. The topological polar surface area (TPSA) is 71.2 Å². The Morgan fingerprint density at radius 1 is 1.47 bits per heavy atom. The molecule has 0 saturated carbocycles. The molecule has 0 aliphatic carbocycles. The number of hydrogen-bond donors (Lipinski definition) is 3. The second kappa shape index (κ2) is 4.98. The first-order valence-corrected chi connectivity index (χ1v) is 5.26. The first-order valence-electron chi connectivity index (χ1n) is 5.26. The minimum Gasteiger partial charge on any atom is -0.399 e. The second-order valence-corrected chi connectivity index (χ2v) is 3.74. The Hall–Kier alpha value is -1.29. The number of aliphatic hydroxyl groups excluding tert-OH is 1. The van der Waals surface area contributed by atoms with E-state index in [1.54, 1.807) is 18.3 Å². The maximum absolute atomic E-state index is 9.39. The van der Waals surface area contributed by atoms with Crippen LogP contribution in [0.3, 0.4) is 0 Å². The van der Waals surface area contributed by atoms with Gasteiger partial charge in [-0.3, -0.25) is 0 Å². The van der Waals surface area contributed by atoms with Crippen LogP contribution in [0.25, 0.3) is 0 Å². The molecule has 0 radical (unpaired) electrons. The van der Waals surface area contributed by atoms with Gasteiger partial charge in [-0.25, -0.2) is 4.98 Å². The van der Waals surface area contributed by atoms with E-state index in [0.717, 1.165) is 12.8 Å². The molecule has 0 atom stereocenters. The van der Waals surface area contributed by atoms with Gasteiger partial charge >= 0.3 is 0 Å². The molecule has 15 heavy (non-hydrogen) atoms. The van der Waals surface area contributed by atoms with E-state index in [-0.39, 0.29) is 12.1 Å². The van der Waals surface area contributed by atoms with Crippen LogP contribution in [-0.4, -0.2) is 22.2 Å². The zero-order chi connectivity index (χ0) is 11.3. The maximum Gasteiger partial charge on any atom is 0.128 e. The summed E-state index contributed by atoms with van der Waals surface area (Å²) in [5, 5.41) is 12.6. The highest BCUT2D eigenvalue weighted by atomic mass is 16.3. The molecule has 1 aromatic heterocycles. The highest BCUT2D eigenvalue weighted by molar-refractivity contribution is 5.49. The van der Waals surface area contributed by atoms with E-state index >= 15 is 0 Å². The van der Waals surface area contributed by atoms with Gasteiger partial charge in [0.1, 0.15) is 5.82 Å². The van der Waals surface area contributed by atoms with Crippen LogP contribution in [0, 0.1) is 0 Å². The van der Waals surface area contributed by atoms with Crippen molar-refractivity contribution in [2.75, 3.05) is 17.7 Å². The predicted molar refractivity (Wildman–Crippen MR) is 62.7 cm³/mol. The zero-order valence-corrected chi connectivity index (χ0v) is 9.33. The summed E-state index contributed by atoms with van der Waals surface area (Å²) in [6.07, 6.45) is 3.35. The van der Waals surface area contributed by atoms with Crippen molar-refractivity contribution in [1.82, 2.24) is 4.98 Å². The highest BCUT2D eigenvalue weighted by Crippen LogP contribution is 2.21. The van der Waals surface area contributed by atoms with Crippen LogP contribution < -0.4 is 11.1 Å². The Balaban J connectivity index is 2.82. The lowest BCUT2D eigenvalue weighted by Gasteiger charge is -2.31. The Morgan fingerprint density at radius 3 is 2.60 bits per heavy atom. The van der Waals surface area contributed by atoms with Gasteiger partial charge in [0.25, 0.3) is 0 Å². The van der Waals surface area contributed by atoms with Gasteiger partial charge in [0.2, 0.25) is 0 Å². The second-order valence-electron chi connectivity index (χ2n) is 3.74. The van der Waals surface area contributed by atoms with Crippen LogP contribution in [0.2, 0.25) is 0 Å². The van der Waals surface area contributed by atoms with Crippen LogP contribution in [0.15, 0.2) is 18.3 Å². The van der Waals surface area contributed by atoms with Crippen molar-refractivity contribution in [2.45, 2.75) is 32.2 Å². The third-order valence-corrected chi connectivity index (χ3v) is 2.83. The van der Waals surface area contributed by atoms with Gasteiger partial charge in [0.05, 0.1) is 12.1 Å². The number of pyridine rings is 1. The Morgan fingerprint density at radius 2 is 2.13 bits per heavy atom. The van der Waals surface area contributed by atoms with Crippen molar-refractivity contribution in [1.29, 1.82) is 0 Å². The summed E-state index contributed by atoms with van der Waals surface area (Å²) in [6, 6.07) is 3.51. The van der Waals surface area contributed by atoms with E-state index in [1.165, 1.54) is 0 Å². The molecule has 1 aromatic rings. The van der Waals surface area contributed by atoms with Crippen LogP contribution >= 0.6 is 0 Å². The van der Waals surface area contributed by atoms with Crippen molar-refractivity contribution in [2.24, 2.45) is 0 Å². The number of aromatic nitrogens is 1. The lowest BCUT2D eigenvalue weighted by Crippen LogP contribution is -2.41. The largest absolute Gasteiger partial charge is 0.399 e. The summed E-state index contributed by atoms with van der Waals surface area (Å²) >= 11 is 0. The number of hydrogen-bond acceptors (Lipinski definition) is 4. The van der Waals surface area contributed by atoms with Gasteiger partial charge < -0.3 is 16.2 Å². The van der Waals surface area contributed by atoms with E-state index in [9.17, 15) is 5.11 Å². The molecule has 4 nitrogen and oxygen atoms in total. The normalized spacial score (nSPS) is 11.4. The number of aliphatic hydroxyl groups is 1. The van der Waals surface area contributed by atoms with Gasteiger partial charge in [-0.05, 0) is 18.9 Å². The van der Waals surface area contributed by atoms with Crippen molar-refractivity contribution in [3.8, 4) is 0 Å². The number of nitrogens with zero attached hydrogens (tertiary/aromatic N) is 1. The summed E-state index contributed by atoms with van der Waals surface area (Å²) in [5.74, 6) is 0.716. The summed E-state index contributed by atoms with van der Waals surface area (Å²) in [7, 11) is 0. The molecular weight excluding hydrogens is 190 g/mol. The predicted octanol–water partition coefficient (Wildman–Crippen LogP) is 1.63. The average Bonchev–Trinajstić information content (AvgIpc) is 2.26. The number of anilines is 2. The first kappa shape index (κ1) is 11.8. The lowest BCUT2D eigenvalue weighted by molar-refractivity contribution is 0.202. The number of nitrogen functional groups attached to an aromatic ring is 1. The molecule has 0 bridgehead atoms. The quantitative estimate of drug-likeness (QED) is 0.689. The van der Waals surface area contributed by atoms with E-state index in [4.69, 9.17) is 5.73 Å². The molecule has 0 fully saturated rings. The van der Waals surface area contributed by atoms with Gasteiger partial charge in [-0.1, -0.05) is 13.8 Å². The number of nitrogens with one attached hydrogen (secondary N) is 1. The molecule has 0 aliphatic rings. The number of rotatable bonds is 5. The molecular formula is C11H19N3O. The Bertz CT molecular complexity index is 302. The molecule has 0 saturated heterocycles. The molecule has 84 valence electrons. The van der Waals surface area contributed by atoms with E-state index in [0.29, 0.717) is 11.5 Å². The van der Waals surface area contributed by atoms with Crippen molar-refractivity contribution in [3.63, 3.8) is 0 Å². The summed E-state index contributed by atoms with van der Waals surface area (Å²) in [6.45, 7) is 4.18. The van der Waals surface area contributed by atoms with Crippen LogP contribution in [0.5, 0.6) is 0 Å². The molecule has 0 unspecified atom stereocenters. The van der Waals surface area contributed by atoms with Crippen molar-refractivity contribution >= 4 is 11.5 Å².